The lowest BCUT2D eigenvalue weighted by atomic mass is 9.86. The van der Waals surface area contributed by atoms with E-state index in [1.54, 1.807) is 0 Å². The van der Waals surface area contributed by atoms with Crippen molar-refractivity contribution in [2.75, 3.05) is 0 Å². The second kappa shape index (κ2) is 8.48. The first kappa shape index (κ1) is 20.6. The molecule has 0 amide bonds. The molecule has 1 nitrogen and oxygen atoms in total. The maximum Gasteiger partial charge on any atom is 0.0702 e. The summed E-state index contributed by atoms with van der Waals surface area (Å²) in [6.07, 6.45) is 2.02. The lowest BCUT2D eigenvalue weighted by Gasteiger charge is -2.18. The molecule has 36 heavy (non-hydrogen) atoms. The summed E-state index contributed by atoms with van der Waals surface area (Å²) in [5.41, 5.74) is 7.01. The highest BCUT2D eigenvalue weighted by atomic mass is 14.7. The Morgan fingerprint density at radius 2 is 0.889 bits per heavy atom. The molecule has 0 bridgehead atoms. The highest BCUT2D eigenvalue weighted by Gasteiger charge is 2.17. The zero-order valence-corrected chi connectivity index (χ0v) is 19.7. The minimum Gasteiger partial charge on any atom is -0.256 e. The molecule has 0 N–H and O–H groups in total. The number of aromatic nitrogens is 1. The van der Waals surface area contributed by atoms with Crippen LogP contribution in [0.25, 0.3) is 65.8 Å². The molecule has 6 aromatic carbocycles. The average molecular weight is 458 g/mol. The topological polar surface area (TPSA) is 12.9 Å². The molecular formula is C35H23N. The number of nitrogens with zero attached hydrogens (tertiary/aromatic N) is 1. The van der Waals surface area contributed by atoms with Crippen LogP contribution in [0, 0.1) is 0 Å². The van der Waals surface area contributed by atoms with Crippen LogP contribution in [-0.2, 0) is 0 Å². The summed E-state index contributed by atoms with van der Waals surface area (Å²) in [4.78, 5) is 4.85. The van der Waals surface area contributed by atoms with Gasteiger partial charge in [-0.1, -0.05) is 121 Å². The number of pyridine rings is 1. The van der Waals surface area contributed by atoms with E-state index in [0.29, 0.717) is 0 Å². The minimum atomic E-state index is 0.987. The van der Waals surface area contributed by atoms with Crippen molar-refractivity contribution in [1.82, 2.24) is 4.98 Å². The molecule has 0 saturated heterocycles. The Morgan fingerprint density at radius 3 is 1.50 bits per heavy atom. The molecular weight excluding hydrogens is 434 g/mol. The van der Waals surface area contributed by atoms with Crippen LogP contribution in [0.3, 0.4) is 0 Å². The van der Waals surface area contributed by atoms with Gasteiger partial charge in [-0.15, -0.1) is 0 Å². The van der Waals surface area contributed by atoms with Gasteiger partial charge in [0.1, 0.15) is 0 Å². The van der Waals surface area contributed by atoms with E-state index in [1.165, 1.54) is 49.0 Å². The zero-order valence-electron chi connectivity index (χ0n) is 19.7. The van der Waals surface area contributed by atoms with Gasteiger partial charge in [0, 0.05) is 17.3 Å². The number of hydrogen-bond acceptors (Lipinski definition) is 1. The van der Waals surface area contributed by atoms with Crippen LogP contribution in [0.5, 0.6) is 0 Å². The largest absolute Gasteiger partial charge is 0.256 e. The molecule has 0 aliphatic rings. The van der Waals surface area contributed by atoms with Gasteiger partial charge in [0.15, 0.2) is 0 Å². The van der Waals surface area contributed by atoms with E-state index in [2.05, 4.69) is 127 Å². The van der Waals surface area contributed by atoms with Crippen molar-refractivity contribution in [1.29, 1.82) is 0 Å². The molecule has 1 heterocycles. The number of rotatable bonds is 3. The van der Waals surface area contributed by atoms with Gasteiger partial charge < -0.3 is 0 Å². The first-order valence-electron chi connectivity index (χ1n) is 12.3. The third kappa shape index (κ3) is 3.37. The van der Waals surface area contributed by atoms with Crippen molar-refractivity contribution < 1.29 is 0 Å². The third-order valence-corrected chi connectivity index (χ3v) is 7.09. The number of hydrogen-bond donors (Lipinski definition) is 0. The lowest BCUT2D eigenvalue weighted by molar-refractivity contribution is 1.33. The van der Waals surface area contributed by atoms with Crippen LogP contribution in [0.1, 0.15) is 0 Å². The van der Waals surface area contributed by atoms with Crippen molar-refractivity contribution in [2.45, 2.75) is 0 Å². The predicted octanol–water partition coefficient (Wildman–Crippen LogP) is 9.54. The van der Waals surface area contributed by atoms with Crippen molar-refractivity contribution >= 4 is 32.3 Å². The van der Waals surface area contributed by atoms with Gasteiger partial charge in [-0.2, -0.15) is 0 Å². The second-order valence-electron chi connectivity index (χ2n) is 9.20. The molecule has 7 rings (SSSR count). The van der Waals surface area contributed by atoms with E-state index >= 15 is 0 Å². The van der Waals surface area contributed by atoms with Gasteiger partial charge in [-0.05, 0) is 61.1 Å². The van der Waals surface area contributed by atoms with Gasteiger partial charge in [0.2, 0.25) is 0 Å². The van der Waals surface area contributed by atoms with E-state index < -0.39 is 0 Å². The summed E-state index contributed by atoms with van der Waals surface area (Å²) in [6.45, 7) is 0. The first-order chi connectivity index (χ1) is 17.9. The normalized spacial score (nSPS) is 11.3. The van der Waals surface area contributed by atoms with Crippen LogP contribution < -0.4 is 0 Å². The maximum atomic E-state index is 4.85. The molecule has 0 spiro atoms. The molecule has 0 fully saturated rings. The maximum absolute atomic E-state index is 4.85. The van der Waals surface area contributed by atoms with Crippen LogP contribution in [-0.4, -0.2) is 4.98 Å². The number of benzene rings is 6. The van der Waals surface area contributed by atoms with Gasteiger partial charge in [0.25, 0.3) is 0 Å². The Hall–Kier alpha value is -4.75. The van der Waals surface area contributed by atoms with Gasteiger partial charge >= 0.3 is 0 Å². The van der Waals surface area contributed by atoms with E-state index in [-0.39, 0.29) is 0 Å². The minimum absolute atomic E-state index is 0.987. The molecule has 0 radical (unpaired) electrons. The Kier molecular flexibility index (Phi) is 4.85. The predicted molar refractivity (Wildman–Crippen MR) is 153 cm³/mol. The summed E-state index contributed by atoms with van der Waals surface area (Å²) in [5.74, 6) is 0. The molecule has 1 heteroatoms. The van der Waals surface area contributed by atoms with Crippen molar-refractivity contribution in [2.24, 2.45) is 0 Å². The summed E-state index contributed by atoms with van der Waals surface area (Å²) in [5, 5.41) is 7.52. The van der Waals surface area contributed by atoms with Gasteiger partial charge in [0.05, 0.1) is 5.69 Å². The monoisotopic (exact) mass is 457 g/mol. The molecule has 1 aromatic heterocycles. The van der Waals surface area contributed by atoms with E-state index in [0.717, 1.165) is 16.8 Å². The van der Waals surface area contributed by atoms with E-state index in [4.69, 9.17) is 4.98 Å². The molecule has 0 aliphatic carbocycles. The summed E-state index contributed by atoms with van der Waals surface area (Å²) in [6, 6.07) is 47.6. The highest BCUT2D eigenvalue weighted by molar-refractivity contribution is 6.21. The molecule has 7 aromatic rings. The Balaban J connectivity index is 1.50. The summed E-state index contributed by atoms with van der Waals surface area (Å²) < 4.78 is 0. The lowest BCUT2D eigenvalue weighted by Crippen LogP contribution is -1.92. The second-order valence-corrected chi connectivity index (χ2v) is 9.20. The molecule has 0 unspecified atom stereocenters. The van der Waals surface area contributed by atoms with Gasteiger partial charge in [-0.3, -0.25) is 4.98 Å². The first-order valence-corrected chi connectivity index (χ1v) is 12.3. The third-order valence-electron chi connectivity index (χ3n) is 7.09. The van der Waals surface area contributed by atoms with Crippen molar-refractivity contribution in [3.63, 3.8) is 0 Å². The molecule has 0 atom stereocenters. The fourth-order valence-corrected chi connectivity index (χ4v) is 5.42. The zero-order chi connectivity index (χ0) is 23.9. The quantitative estimate of drug-likeness (QED) is 0.241. The van der Waals surface area contributed by atoms with E-state index in [1.807, 2.05) is 12.3 Å². The number of fused-ring (bicyclic) bond motifs is 3. The summed E-state index contributed by atoms with van der Waals surface area (Å²) in [7, 11) is 0. The molecule has 168 valence electrons. The molecule has 0 aliphatic heterocycles. The van der Waals surface area contributed by atoms with Crippen LogP contribution in [0.4, 0.5) is 0 Å². The average Bonchev–Trinajstić information content (AvgIpc) is 2.96. The fraction of sp³-hybridized carbons (Fsp3) is 0. The Bertz CT molecular complexity index is 1810. The Labute approximate surface area is 210 Å². The Morgan fingerprint density at radius 1 is 0.361 bits per heavy atom. The SMILES string of the molecule is c1ccc(-c2ccc(-c3c4ccccc4c(-c4ccc5ccccc5c4)c4ccccc34)cn2)cc1. The fourth-order valence-electron chi connectivity index (χ4n) is 5.42. The van der Waals surface area contributed by atoms with Crippen LogP contribution >= 0.6 is 0 Å². The van der Waals surface area contributed by atoms with Crippen LogP contribution in [0.2, 0.25) is 0 Å². The summed E-state index contributed by atoms with van der Waals surface area (Å²) >= 11 is 0. The van der Waals surface area contributed by atoms with Crippen LogP contribution in [0.15, 0.2) is 140 Å². The van der Waals surface area contributed by atoms with Crippen molar-refractivity contribution in [3.8, 4) is 33.5 Å². The van der Waals surface area contributed by atoms with E-state index in [9.17, 15) is 0 Å². The van der Waals surface area contributed by atoms with Gasteiger partial charge in [-0.25, -0.2) is 0 Å². The standard InChI is InChI=1S/C35H23N/c1-2-11-25(12-3-1)33-21-20-28(23-36-33)35-31-16-8-6-14-29(31)34(30-15-7-9-17-32(30)35)27-19-18-24-10-4-5-13-26(24)22-27/h1-23H. The molecule has 0 saturated carbocycles. The highest BCUT2D eigenvalue weighted by Crippen LogP contribution is 2.44. The smallest absolute Gasteiger partial charge is 0.0702 e. The van der Waals surface area contributed by atoms with Crippen molar-refractivity contribution in [3.05, 3.63) is 140 Å².